The van der Waals surface area contributed by atoms with E-state index in [0.29, 0.717) is 11.9 Å². The lowest BCUT2D eigenvalue weighted by Gasteiger charge is -2.25. The quantitative estimate of drug-likeness (QED) is 0.814. The van der Waals surface area contributed by atoms with E-state index in [-0.39, 0.29) is 24.5 Å². The zero-order valence-corrected chi connectivity index (χ0v) is 14.2. The molecule has 0 aliphatic heterocycles. The van der Waals surface area contributed by atoms with E-state index in [9.17, 15) is 5.11 Å². The Morgan fingerprint density at radius 1 is 1.14 bits per heavy atom. The fraction of sp³-hybridized carbons (Fsp3) is 0.812. The third-order valence-electron chi connectivity index (χ3n) is 4.27. The molecule has 1 fully saturated rings. The highest BCUT2D eigenvalue weighted by molar-refractivity contribution is 5.37. The van der Waals surface area contributed by atoms with E-state index in [1.54, 1.807) is 0 Å². The molecule has 1 aromatic heterocycles. The maximum Gasteiger partial charge on any atom is 0.229 e. The van der Waals surface area contributed by atoms with Crippen molar-refractivity contribution in [2.75, 3.05) is 30.9 Å². The predicted molar refractivity (Wildman–Crippen MR) is 89.3 cm³/mol. The van der Waals surface area contributed by atoms with Crippen molar-refractivity contribution in [2.24, 2.45) is 5.92 Å². The number of aliphatic hydroxyl groups excluding tert-OH is 1. The summed E-state index contributed by atoms with van der Waals surface area (Å²) in [5, 5.41) is 13.1. The first kappa shape index (κ1) is 16.9. The molecule has 6 heteroatoms. The Hall–Kier alpha value is -1.43. The molecule has 0 saturated heterocycles. The van der Waals surface area contributed by atoms with E-state index in [4.69, 9.17) is 0 Å². The van der Waals surface area contributed by atoms with Crippen LogP contribution in [0, 0.1) is 5.92 Å². The number of anilines is 2. The van der Waals surface area contributed by atoms with Gasteiger partial charge < -0.3 is 15.3 Å². The highest BCUT2D eigenvalue weighted by Gasteiger charge is 2.24. The zero-order chi connectivity index (χ0) is 16.1. The maximum atomic E-state index is 9.65. The molecule has 22 heavy (non-hydrogen) atoms. The van der Waals surface area contributed by atoms with E-state index in [2.05, 4.69) is 34.1 Å². The molecule has 0 radical (unpaired) electrons. The molecule has 0 amide bonds. The lowest BCUT2D eigenvalue weighted by Crippen LogP contribution is -2.32. The lowest BCUT2D eigenvalue weighted by atomic mass is 9.96. The summed E-state index contributed by atoms with van der Waals surface area (Å²) >= 11 is 0. The van der Waals surface area contributed by atoms with E-state index in [1.807, 2.05) is 19.0 Å². The van der Waals surface area contributed by atoms with Crippen LogP contribution in [0.5, 0.6) is 0 Å². The Morgan fingerprint density at radius 2 is 1.86 bits per heavy atom. The van der Waals surface area contributed by atoms with Gasteiger partial charge in [0.1, 0.15) is 5.82 Å². The number of hydrogen-bond acceptors (Lipinski definition) is 6. The van der Waals surface area contributed by atoms with Crippen molar-refractivity contribution >= 4 is 11.9 Å². The van der Waals surface area contributed by atoms with E-state index in [1.165, 1.54) is 19.3 Å². The van der Waals surface area contributed by atoms with Crippen LogP contribution in [-0.2, 0) is 0 Å². The van der Waals surface area contributed by atoms with Crippen molar-refractivity contribution in [3.63, 3.8) is 0 Å². The molecule has 2 N–H and O–H groups in total. The van der Waals surface area contributed by atoms with Crippen molar-refractivity contribution in [1.29, 1.82) is 0 Å². The molecular weight excluding hydrogens is 278 g/mol. The molecule has 2 rings (SSSR count). The summed E-state index contributed by atoms with van der Waals surface area (Å²) in [5.41, 5.74) is 0. The fourth-order valence-corrected chi connectivity index (χ4v) is 2.86. The molecule has 0 spiro atoms. The van der Waals surface area contributed by atoms with Gasteiger partial charge in [0.15, 0.2) is 0 Å². The van der Waals surface area contributed by atoms with Gasteiger partial charge in [-0.1, -0.05) is 33.1 Å². The van der Waals surface area contributed by atoms with Crippen LogP contribution in [0.1, 0.15) is 57.7 Å². The highest BCUT2D eigenvalue weighted by Crippen LogP contribution is 2.26. The van der Waals surface area contributed by atoms with Crippen LogP contribution in [0.25, 0.3) is 0 Å². The Morgan fingerprint density at radius 3 is 2.50 bits per heavy atom. The van der Waals surface area contributed by atoms with Crippen LogP contribution in [0.2, 0.25) is 0 Å². The first-order chi connectivity index (χ1) is 10.5. The van der Waals surface area contributed by atoms with Crippen molar-refractivity contribution in [2.45, 2.75) is 57.9 Å². The van der Waals surface area contributed by atoms with Crippen LogP contribution >= 0.6 is 0 Å². The average Bonchev–Trinajstić information content (AvgIpc) is 2.71. The van der Waals surface area contributed by atoms with Gasteiger partial charge in [0, 0.05) is 38.6 Å². The molecule has 1 saturated carbocycles. The molecular formula is C16H29N5O. The second-order valence-electron chi connectivity index (χ2n) is 6.70. The van der Waals surface area contributed by atoms with Gasteiger partial charge in [-0.2, -0.15) is 15.0 Å². The van der Waals surface area contributed by atoms with Crippen LogP contribution in [-0.4, -0.2) is 46.8 Å². The topological polar surface area (TPSA) is 74.2 Å². The predicted octanol–water partition coefficient (Wildman–Crippen LogP) is 2.41. The fourth-order valence-electron chi connectivity index (χ4n) is 2.86. The molecule has 1 aliphatic carbocycles. The summed E-state index contributed by atoms with van der Waals surface area (Å²) in [5.74, 6) is 2.65. The van der Waals surface area contributed by atoms with Gasteiger partial charge >= 0.3 is 0 Å². The van der Waals surface area contributed by atoms with E-state index >= 15 is 0 Å². The highest BCUT2D eigenvalue weighted by atomic mass is 16.3. The Kier molecular flexibility index (Phi) is 5.94. The molecule has 2 unspecified atom stereocenters. The normalized spacial score (nSPS) is 22.5. The van der Waals surface area contributed by atoms with Crippen LogP contribution in [0.3, 0.4) is 0 Å². The minimum Gasteiger partial charge on any atom is -0.396 e. The molecule has 1 heterocycles. The second kappa shape index (κ2) is 7.72. The van der Waals surface area contributed by atoms with Crippen molar-refractivity contribution in [1.82, 2.24) is 15.0 Å². The summed E-state index contributed by atoms with van der Waals surface area (Å²) in [7, 11) is 3.87. The van der Waals surface area contributed by atoms with Gasteiger partial charge in [-0.25, -0.2) is 0 Å². The van der Waals surface area contributed by atoms with Crippen LogP contribution in [0.4, 0.5) is 11.9 Å². The molecule has 0 aromatic carbocycles. The van der Waals surface area contributed by atoms with Gasteiger partial charge in [0.2, 0.25) is 11.9 Å². The van der Waals surface area contributed by atoms with Gasteiger partial charge in [-0.15, -0.1) is 0 Å². The minimum absolute atomic E-state index is 0.223. The second-order valence-corrected chi connectivity index (χ2v) is 6.70. The summed E-state index contributed by atoms with van der Waals surface area (Å²) in [6, 6.07) is 0.241. The molecule has 0 bridgehead atoms. The zero-order valence-electron chi connectivity index (χ0n) is 14.2. The van der Waals surface area contributed by atoms with Gasteiger partial charge in [0.25, 0.3) is 0 Å². The number of aliphatic hydroxyl groups is 1. The Balaban J connectivity index is 2.22. The molecule has 1 aromatic rings. The van der Waals surface area contributed by atoms with Crippen LogP contribution in [0.15, 0.2) is 0 Å². The minimum atomic E-state index is 0.223. The molecule has 124 valence electrons. The Labute approximate surface area is 133 Å². The number of aromatic nitrogens is 3. The Bertz CT molecular complexity index is 451. The van der Waals surface area contributed by atoms with E-state index < -0.39 is 0 Å². The van der Waals surface area contributed by atoms with Gasteiger partial charge in [-0.3, -0.25) is 0 Å². The molecule has 2 atom stereocenters. The summed E-state index contributed by atoms with van der Waals surface area (Å²) in [6.45, 7) is 4.39. The molecule has 6 nitrogen and oxygen atoms in total. The third kappa shape index (κ3) is 4.29. The van der Waals surface area contributed by atoms with Crippen LogP contribution < -0.4 is 10.2 Å². The summed E-state index contributed by atoms with van der Waals surface area (Å²) in [6.07, 6.45) is 5.76. The van der Waals surface area contributed by atoms with Crippen molar-refractivity contribution < 1.29 is 5.11 Å². The number of rotatable bonds is 5. The number of nitrogens with zero attached hydrogens (tertiary/aromatic N) is 4. The van der Waals surface area contributed by atoms with Gasteiger partial charge in [-0.05, 0) is 12.8 Å². The largest absolute Gasteiger partial charge is 0.396 e. The monoisotopic (exact) mass is 307 g/mol. The third-order valence-corrected chi connectivity index (χ3v) is 4.27. The number of nitrogens with one attached hydrogen (secondary N) is 1. The SMILES string of the molecule is CC(C)c1nc(NC2CCCCCC2CO)nc(N(C)C)n1. The first-order valence-electron chi connectivity index (χ1n) is 8.32. The van der Waals surface area contributed by atoms with E-state index in [0.717, 1.165) is 18.7 Å². The summed E-state index contributed by atoms with van der Waals surface area (Å²) in [4.78, 5) is 15.5. The van der Waals surface area contributed by atoms with Gasteiger partial charge in [0.05, 0.1) is 0 Å². The smallest absolute Gasteiger partial charge is 0.229 e. The van der Waals surface area contributed by atoms with Crippen molar-refractivity contribution in [3.05, 3.63) is 5.82 Å². The summed E-state index contributed by atoms with van der Waals surface area (Å²) < 4.78 is 0. The number of hydrogen-bond donors (Lipinski definition) is 2. The van der Waals surface area contributed by atoms with Crippen molar-refractivity contribution in [3.8, 4) is 0 Å². The lowest BCUT2D eigenvalue weighted by molar-refractivity contribution is 0.203. The first-order valence-corrected chi connectivity index (χ1v) is 8.32. The average molecular weight is 307 g/mol. The molecule has 1 aliphatic rings. The maximum absolute atomic E-state index is 9.65. The standard InChI is InChI=1S/C16H29N5O/c1-11(2)14-18-15(20-16(19-14)21(3)4)17-13-9-7-5-6-8-12(13)10-22/h11-13,22H,5-10H2,1-4H3,(H,17,18,19,20).